The molecule has 4 heteroatoms. The minimum Gasteiger partial charge on any atom is -0.481 e. The van der Waals surface area contributed by atoms with Crippen molar-refractivity contribution in [2.24, 2.45) is 11.8 Å². The van der Waals surface area contributed by atoms with E-state index in [2.05, 4.69) is 0 Å². The highest BCUT2D eigenvalue weighted by Gasteiger charge is 2.55. The third-order valence-corrected chi connectivity index (χ3v) is 3.43. The Morgan fingerprint density at radius 2 is 2.44 bits per heavy atom. The molecule has 1 fully saturated rings. The molecule has 0 radical (unpaired) electrons. The van der Waals surface area contributed by atoms with Gasteiger partial charge in [-0.1, -0.05) is 12.2 Å². The molecular weight excluding hydrogens is 208 g/mol. The number of carboxylic acids is 1. The number of hydrogen-bond donors (Lipinski definition) is 1. The fourth-order valence-corrected chi connectivity index (χ4v) is 2.88. The summed E-state index contributed by atoms with van der Waals surface area (Å²) in [5, 5.41) is 8.96. The summed E-state index contributed by atoms with van der Waals surface area (Å²) in [6.45, 7) is 2.21. The molecule has 2 aliphatic rings. The maximum absolute atomic E-state index is 11.0. The van der Waals surface area contributed by atoms with Gasteiger partial charge in [-0.3, -0.25) is 4.79 Å². The van der Waals surface area contributed by atoms with Crippen LogP contribution >= 0.6 is 0 Å². The third-order valence-electron chi connectivity index (χ3n) is 3.43. The molecule has 1 saturated carbocycles. The molecule has 0 saturated heterocycles. The Bertz CT molecular complexity index is 392. The van der Waals surface area contributed by atoms with Gasteiger partial charge < -0.3 is 9.84 Å². The molecule has 0 aromatic rings. The smallest absolute Gasteiger partial charge is 0.306 e. The van der Waals surface area contributed by atoms with Crippen molar-refractivity contribution in [3.05, 3.63) is 17.7 Å². The summed E-state index contributed by atoms with van der Waals surface area (Å²) in [7, 11) is 0. The number of carboxylic acid groups (broad SMARTS) is 1. The molecule has 0 aromatic heterocycles. The standard InChI is InChI=1S/C12H14O4/c1-2-16-12(6-11(14)15)9-4-3-8(5-9)10(12)7-13/h3-4,8-9H,2,5-6H2,1H3,(H,14,15). The van der Waals surface area contributed by atoms with Crippen molar-refractivity contribution >= 4 is 11.9 Å². The van der Waals surface area contributed by atoms with Gasteiger partial charge in [0.1, 0.15) is 11.5 Å². The van der Waals surface area contributed by atoms with Crippen LogP contribution in [-0.2, 0) is 14.3 Å². The van der Waals surface area contributed by atoms with Crippen LogP contribution in [0.4, 0.5) is 0 Å². The van der Waals surface area contributed by atoms with Gasteiger partial charge in [-0.25, -0.2) is 4.79 Å². The Morgan fingerprint density at radius 1 is 1.69 bits per heavy atom. The van der Waals surface area contributed by atoms with Crippen molar-refractivity contribution in [2.45, 2.75) is 25.4 Å². The van der Waals surface area contributed by atoms with Crippen LogP contribution in [0.15, 0.2) is 17.7 Å². The number of rotatable bonds is 4. The maximum atomic E-state index is 11.0. The molecule has 0 aliphatic heterocycles. The van der Waals surface area contributed by atoms with E-state index in [1.165, 1.54) is 0 Å². The summed E-state index contributed by atoms with van der Waals surface area (Å²) < 4.78 is 5.61. The van der Waals surface area contributed by atoms with E-state index in [0.717, 1.165) is 6.42 Å². The normalized spacial score (nSPS) is 35.4. The fraction of sp³-hybridized carbons (Fsp3) is 0.583. The molecule has 4 nitrogen and oxygen atoms in total. The van der Waals surface area contributed by atoms with Crippen LogP contribution in [0.3, 0.4) is 0 Å². The average Bonchev–Trinajstić information content (AvgIpc) is 2.76. The summed E-state index contributed by atoms with van der Waals surface area (Å²) in [6.07, 6.45) is 4.53. The maximum Gasteiger partial charge on any atom is 0.306 e. The lowest BCUT2D eigenvalue weighted by atomic mass is 9.81. The molecular formula is C12H14O4. The quantitative estimate of drug-likeness (QED) is 0.573. The van der Waals surface area contributed by atoms with E-state index in [0.29, 0.717) is 12.2 Å². The fourth-order valence-electron chi connectivity index (χ4n) is 2.88. The Hall–Kier alpha value is -1.38. The van der Waals surface area contributed by atoms with Gasteiger partial charge in [-0.05, 0) is 13.3 Å². The number of aliphatic carboxylic acids is 1. The van der Waals surface area contributed by atoms with Crippen molar-refractivity contribution in [1.82, 2.24) is 0 Å². The van der Waals surface area contributed by atoms with Gasteiger partial charge in [0, 0.05) is 18.4 Å². The van der Waals surface area contributed by atoms with E-state index in [4.69, 9.17) is 9.84 Å². The molecule has 0 amide bonds. The third kappa shape index (κ3) is 1.42. The summed E-state index contributed by atoms with van der Waals surface area (Å²) >= 11 is 0. The number of carbonyl (C=O) groups excluding carboxylic acids is 1. The number of allylic oxidation sites excluding steroid dienone is 1. The largest absolute Gasteiger partial charge is 0.481 e. The zero-order valence-electron chi connectivity index (χ0n) is 9.10. The van der Waals surface area contributed by atoms with Crippen molar-refractivity contribution in [3.63, 3.8) is 0 Å². The molecule has 0 spiro atoms. The van der Waals surface area contributed by atoms with Crippen LogP contribution < -0.4 is 0 Å². The monoisotopic (exact) mass is 222 g/mol. The molecule has 0 aromatic carbocycles. The number of carbonyl (C=O) groups is 1. The van der Waals surface area contributed by atoms with Gasteiger partial charge in [-0.15, -0.1) is 0 Å². The molecule has 2 aliphatic carbocycles. The van der Waals surface area contributed by atoms with Crippen molar-refractivity contribution in [1.29, 1.82) is 0 Å². The van der Waals surface area contributed by atoms with Gasteiger partial charge in [-0.2, -0.15) is 0 Å². The molecule has 1 N–H and O–H groups in total. The second-order valence-corrected chi connectivity index (χ2v) is 4.24. The average molecular weight is 222 g/mol. The van der Waals surface area contributed by atoms with Crippen LogP contribution in [0.1, 0.15) is 19.8 Å². The van der Waals surface area contributed by atoms with E-state index in [1.807, 2.05) is 25.0 Å². The second-order valence-electron chi connectivity index (χ2n) is 4.24. The Kier molecular flexibility index (Phi) is 2.70. The minimum absolute atomic E-state index is 0.00463. The molecule has 0 heterocycles. The lowest BCUT2D eigenvalue weighted by molar-refractivity contribution is -0.144. The zero-order valence-corrected chi connectivity index (χ0v) is 9.10. The zero-order chi connectivity index (χ0) is 11.8. The summed E-state index contributed by atoms with van der Waals surface area (Å²) in [6, 6.07) is 0. The summed E-state index contributed by atoms with van der Waals surface area (Å²) in [5.74, 6) is 0.987. The van der Waals surface area contributed by atoms with E-state index >= 15 is 0 Å². The lowest BCUT2D eigenvalue weighted by Gasteiger charge is -2.34. The van der Waals surface area contributed by atoms with Crippen molar-refractivity contribution in [2.75, 3.05) is 6.61 Å². The van der Waals surface area contributed by atoms with Crippen LogP contribution in [-0.4, -0.2) is 29.2 Å². The summed E-state index contributed by atoms with van der Waals surface area (Å²) in [5.41, 5.74) is -0.467. The van der Waals surface area contributed by atoms with Crippen molar-refractivity contribution in [3.8, 4) is 0 Å². The molecule has 2 rings (SSSR count). The van der Waals surface area contributed by atoms with Crippen LogP contribution in [0.5, 0.6) is 0 Å². The first-order valence-corrected chi connectivity index (χ1v) is 5.43. The predicted molar refractivity (Wildman–Crippen MR) is 56.6 cm³/mol. The van der Waals surface area contributed by atoms with Crippen LogP contribution in [0, 0.1) is 11.8 Å². The molecule has 2 bridgehead atoms. The highest BCUT2D eigenvalue weighted by atomic mass is 16.5. The molecule has 3 atom stereocenters. The van der Waals surface area contributed by atoms with Gasteiger partial charge in [0.25, 0.3) is 0 Å². The van der Waals surface area contributed by atoms with Crippen LogP contribution in [0.25, 0.3) is 0 Å². The molecule has 86 valence electrons. The van der Waals surface area contributed by atoms with Crippen LogP contribution in [0.2, 0.25) is 0 Å². The first-order chi connectivity index (χ1) is 7.64. The van der Waals surface area contributed by atoms with E-state index in [9.17, 15) is 9.59 Å². The van der Waals surface area contributed by atoms with Crippen molar-refractivity contribution < 1.29 is 19.4 Å². The molecule has 16 heavy (non-hydrogen) atoms. The highest BCUT2D eigenvalue weighted by Crippen LogP contribution is 2.52. The number of hydrogen-bond acceptors (Lipinski definition) is 3. The van der Waals surface area contributed by atoms with Gasteiger partial charge in [0.2, 0.25) is 0 Å². The SMILES string of the molecule is CCOC1(CC(=O)O)C(=C=O)C2C=CC1C2. The number of fused-ring (bicyclic) bond motifs is 2. The molecule has 3 unspecified atom stereocenters. The Morgan fingerprint density at radius 3 is 3.00 bits per heavy atom. The van der Waals surface area contributed by atoms with E-state index in [-0.39, 0.29) is 18.3 Å². The van der Waals surface area contributed by atoms with E-state index in [1.54, 1.807) is 0 Å². The van der Waals surface area contributed by atoms with E-state index < -0.39 is 11.6 Å². The highest BCUT2D eigenvalue weighted by molar-refractivity contribution is 5.73. The van der Waals surface area contributed by atoms with Gasteiger partial charge in [0.05, 0.1) is 12.0 Å². The topological polar surface area (TPSA) is 63.6 Å². The minimum atomic E-state index is -0.943. The Balaban J connectivity index is 2.41. The summed E-state index contributed by atoms with van der Waals surface area (Å²) in [4.78, 5) is 21.9. The Labute approximate surface area is 93.6 Å². The number of ether oxygens (including phenoxy) is 1. The first kappa shape index (κ1) is 11.1. The lowest BCUT2D eigenvalue weighted by Crippen LogP contribution is -2.41. The van der Waals surface area contributed by atoms with Gasteiger partial charge in [0.15, 0.2) is 0 Å². The van der Waals surface area contributed by atoms with Gasteiger partial charge >= 0.3 is 5.97 Å². The first-order valence-electron chi connectivity index (χ1n) is 5.43. The predicted octanol–water partition coefficient (Wildman–Crippen LogP) is 1.20. The second kappa shape index (κ2) is 3.89.